The number of rotatable bonds is 9. The highest BCUT2D eigenvalue weighted by Gasteiger charge is 1.99. The third kappa shape index (κ3) is 43.7. The number of carbonyl (C=O) groups is 2. The Labute approximate surface area is 118 Å². The molecule has 0 aliphatic rings. The van der Waals surface area contributed by atoms with Crippen molar-refractivity contribution in [1.82, 2.24) is 0 Å². The predicted molar refractivity (Wildman–Crippen MR) is 71.3 cm³/mol. The van der Waals surface area contributed by atoms with Crippen LogP contribution < -0.4 is 0 Å². The van der Waals surface area contributed by atoms with Crippen LogP contribution in [0.25, 0.3) is 0 Å². The first-order valence-electron chi connectivity index (χ1n) is 6.33. The summed E-state index contributed by atoms with van der Waals surface area (Å²) < 4.78 is 0. The van der Waals surface area contributed by atoms with Crippen LogP contribution >= 0.6 is 0 Å². The highest BCUT2D eigenvalue weighted by atomic mass is 16.4. The number of hydrogen-bond acceptors (Lipinski definition) is 6. The van der Waals surface area contributed by atoms with Gasteiger partial charge in [-0.3, -0.25) is 9.59 Å². The minimum absolute atomic E-state index is 0.0628. The first-order valence-corrected chi connectivity index (χ1v) is 6.33. The third-order valence-electron chi connectivity index (χ3n) is 1.66. The van der Waals surface area contributed by atoms with E-state index in [1.165, 1.54) is 0 Å². The Balaban J connectivity index is -0.000000244. The fourth-order valence-corrected chi connectivity index (χ4v) is 0.694. The van der Waals surface area contributed by atoms with Crippen molar-refractivity contribution in [2.45, 2.75) is 38.5 Å². The second kappa shape index (κ2) is 22.9. The molecule has 0 saturated carbocycles. The molecule has 8 nitrogen and oxygen atoms in total. The van der Waals surface area contributed by atoms with Gasteiger partial charge in [-0.15, -0.1) is 0 Å². The van der Waals surface area contributed by atoms with Crippen molar-refractivity contribution >= 4 is 11.9 Å². The standard InChI is InChI=1S/C6H10O4.2C3H8O2/c7-5(8)3-1-2-4-6(9)10;2*4-2-1-3-5/h1-4H2,(H,7,8)(H,9,10);2*4-5H,1-3H2. The van der Waals surface area contributed by atoms with Gasteiger partial charge in [0, 0.05) is 39.3 Å². The summed E-state index contributed by atoms with van der Waals surface area (Å²) in [6.45, 7) is 0.375. The van der Waals surface area contributed by atoms with Crippen LogP contribution in [-0.4, -0.2) is 69.0 Å². The molecule has 0 saturated heterocycles. The van der Waals surface area contributed by atoms with Crippen molar-refractivity contribution in [1.29, 1.82) is 0 Å². The Morgan fingerprint density at radius 1 is 0.550 bits per heavy atom. The van der Waals surface area contributed by atoms with Gasteiger partial charge in [-0.05, 0) is 25.7 Å². The molecule has 0 aliphatic heterocycles. The summed E-state index contributed by atoms with van der Waals surface area (Å²) in [5, 5.41) is 47.9. The van der Waals surface area contributed by atoms with Crippen LogP contribution in [0.2, 0.25) is 0 Å². The zero-order valence-corrected chi connectivity index (χ0v) is 11.6. The van der Waals surface area contributed by atoms with Gasteiger partial charge in [0.15, 0.2) is 0 Å². The third-order valence-corrected chi connectivity index (χ3v) is 1.66. The molecule has 0 aromatic heterocycles. The smallest absolute Gasteiger partial charge is 0.303 e. The van der Waals surface area contributed by atoms with Crippen molar-refractivity contribution in [3.05, 3.63) is 0 Å². The summed E-state index contributed by atoms with van der Waals surface area (Å²) in [5.74, 6) is -1.74. The summed E-state index contributed by atoms with van der Waals surface area (Å²) in [7, 11) is 0. The van der Waals surface area contributed by atoms with Gasteiger partial charge in [-0.2, -0.15) is 0 Å². The molecule has 122 valence electrons. The minimum Gasteiger partial charge on any atom is -0.481 e. The van der Waals surface area contributed by atoms with E-state index in [1.807, 2.05) is 0 Å². The molecule has 0 rings (SSSR count). The second-order valence-electron chi connectivity index (χ2n) is 3.60. The van der Waals surface area contributed by atoms with E-state index in [0.29, 0.717) is 25.7 Å². The van der Waals surface area contributed by atoms with E-state index in [9.17, 15) is 9.59 Å². The lowest BCUT2D eigenvalue weighted by molar-refractivity contribution is -0.139. The number of carboxylic acids is 2. The molecular formula is C12H26O8. The predicted octanol–water partition coefficient (Wildman–Crippen LogP) is -0.562. The Morgan fingerprint density at radius 2 is 0.800 bits per heavy atom. The molecule has 0 amide bonds. The van der Waals surface area contributed by atoms with Gasteiger partial charge in [-0.1, -0.05) is 0 Å². The van der Waals surface area contributed by atoms with Gasteiger partial charge >= 0.3 is 11.9 Å². The van der Waals surface area contributed by atoms with Gasteiger partial charge in [0.2, 0.25) is 0 Å². The lowest BCUT2D eigenvalue weighted by Gasteiger charge is -1.92. The van der Waals surface area contributed by atoms with Gasteiger partial charge < -0.3 is 30.6 Å². The summed E-state index contributed by atoms with van der Waals surface area (Å²) >= 11 is 0. The van der Waals surface area contributed by atoms with Crippen LogP contribution in [0.5, 0.6) is 0 Å². The number of unbranched alkanes of at least 4 members (excludes halogenated alkanes) is 1. The quantitative estimate of drug-likeness (QED) is 0.309. The maximum Gasteiger partial charge on any atom is 0.303 e. The van der Waals surface area contributed by atoms with Crippen LogP contribution in [0, 0.1) is 0 Å². The van der Waals surface area contributed by atoms with Gasteiger partial charge in [-0.25, -0.2) is 0 Å². The Hall–Kier alpha value is -1.22. The molecule has 6 N–H and O–H groups in total. The van der Waals surface area contributed by atoms with Gasteiger partial charge in [0.1, 0.15) is 0 Å². The largest absolute Gasteiger partial charge is 0.481 e. The average Bonchev–Trinajstić information content (AvgIpc) is 2.38. The SMILES string of the molecule is O=C(O)CCCCC(=O)O.OCCCO.OCCCO. The van der Waals surface area contributed by atoms with Crippen LogP contribution in [0.15, 0.2) is 0 Å². The fourth-order valence-electron chi connectivity index (χ4n) is 0.694. The van der Waals surface area contributed by atoms with E-state index in [1.54, 1.807) is 0 Å². The number of aliphatic carboxylic acids is 2. The highest BCUT2D eigenvalue weighted by Crippen LogP contribution is 1.98. The molecule has 0 radical (unpaired) electrons. The molecule has 0 heterocycles. The molecule has 8 heteroatoms. The summed E-state index contributed by atoms with van der Waals surface area (Å²) in [6, 6.07) is 0. The maximum absolute atomic E-state index is 9.90. The second-order valence-corrected chi connectivity index (χ2v) is 3.60. The Morgan fingerprint density at radius 3 is 0.900 bits per heavy atom. The van der Waals surface area contributed by atoms with Crippen LogP contribution in [0.1, 0.15) is 38.5 Å². The first kappa shape index (κ1) is 23.8. The van der Waals surface area contributed by atoms with Crippen LogP contribution in [-0.2, 0) is 9.59 Å². The van der Waals surface area contributed by atoms with Crippen molar-refractivity contribution in [3.63, 3.8) is 0 Å². The van der Waals surface area contributed by atoms with E-state index in [0.717, 1.165) is 0 Å². The van der Waals surface area contributed by atoms with Crippen LogP contribution in [0.4, 0.5) is 0 Å². The van der Waals surface area contributed by atoms with E-state index in [4.69, 9.17) is 30.6 Å². The molecule has 0 fully saturated rings. The number of hydrogen-bond donors (Lipinski definition) is 6. The minimum atomic E-state index is -0.870. The number of aliphatic hydroxyl groups is 4. The first-order chi connectivity index (χ1) is 9.45. The molecule has 0 unspecified atom stereocenters. The highest BCUT2D eigenvalue weighted by molar-refractivity contribution is 5.67. The summed E-state index contributed by atoms with van der Waals surface area (Å²) in [4.78, 5) is 19.8. The van der Waals surface area contributed by atoms with E-state index < -0.39 is 11.9 Å². The van der Waals surface area contributed by atoms with Crippen molar-refractivity contribution in [2.75, 3.05) is 26.4 Å². The summed E-state index contributed by atoms with van der Waals surface area (Å²) in [6.07, 6.45) is 2.02. The lowest BCUT2D eigenvalue weighted by Crippen LogP contribution is -1.97. The van der Waals surface area contributed by atoms with Gasteiger partial charge in [0.05, 0.1) is 0 Å². The fraction of sp³-hybridized carbons (Fsp3) is 0.833. The zero-order valence-electron chi connectivity index (χ0n) is 11.6. The van der Waals surface area contributed by atoms with Gasteiger partial charge in [0.25, 0.3) is 0 Å². The van der Waals surface area contributed by atoms with Crippen LogP contribution in [0.3, 0.4) is 0 Å². The van der Waals surface area contributed by atoms with E-state index in [2.05, 4.69) is 0 Å². The molecule has 0 aromatic carbocycles. The molecule has 0 spiro atoms. The van der Waals surface area contributed by atoms with Crippen molar-refractivity contribution in [2.24, 2.45) is 0 Å². The Kier molecular flexibility index (Phi) is 27.3. The van der Waals surface area contributed by atoms with Crippen molar-refractivity contribution < 1.29 is 40.2 Å². The molecule has 0 bridgehead atoms. The molecule has 20 heavy (non-hydrogen) atoms. The number of aliphatic hydroxyl groups excluding tert-OH is 4. The monoisotopic (exact) mass is 298 g/mol. The molecule has 0 aliphatic carbocycles. The number of carboxylic acid groups (broad SMARTS) is 2. The summed E-state index contributed by atoms with van der Waals surface area (Å²) in [5.41, 5.74) is 0. The molecule has 0 aromatic rings. The topological polar surface area (TPSA) is 156 Å². The Bertz CT molecular complexity index is 182. The van der Waals surface area contributed by atoms with Crippen molar-refractivity contribution in [3.8, 4) is 0 Å². The van der Waals surface area contributed by atoms with E-state index >= 15 is 0 Å². The normalized spacial score (nSPS) is 8.80. The molecular weight excluding hydrogens is 272 g/mol. The molecule has 0 atom stereocenters. The maximum atomic E-state index is 9.90. The van der Waals surface area contributed by atoms with E-state index in [-0.39, 0.29) is 39.3 Å². The zero-order chi connectivity index (χ0) is 16.2. The lowest BCUT2D eigenvalue weighted by atomic mass is 10.2. The average molecular weight is 298 g/mol.